The number of rotatable bonds is 3. The zero-order valence-corrected chi connectivity index (χ0v) is 6.62. The van der Waals surface area contributed by atoms with Gasteiger partial charge in [0.2, 0.25) is 0 Å². The molecular formula is C8H16FN. The van der Waals surface area contributed by atoms with E-state index in [1.54, 1.807) is 0 Å². The Balaban J connectivity index is 2.22. The van der Waals surface area contributed by atoms with Gasteiger partial charge in [0, 0.05) is 12.1 Å². The fraction of sp³-hybridized carbons (Fsp3) is 1.00. The van der Waals surface area contributed by atoms with Crippen LogP contribution in [0.1, 0.15) is 32.6 Å². The molecule has 0 spiro atoms. The Morgan fingerprint density at radius 1 is 1.40 bits per heavy atom. The minimum absolute atomic E-state index is 0.240. The van der Waals surface area contributed by atoms with Gasteiger partial charge in [0.25, 0.3) is 0 Å². The lowest BCUT2D eigenvalue weighted by molar-refractivity contribution is 0.339. The largest absolute Gasteiger partial charge is 0.309 e. The van der Waals surface area contributed by atoms with Gasteiger partial charge in [-0.25, -0.2) is 4.39 Å². The van der Waals surface area contributed by atoms with Crippen LogP contribution >= 0.6 is 0 Å². The summed E-state index contributed by atoms with van der Waals surface area (Å²) in [5.41, 5.74) is 0.256. The van der Waals surface area contributed by atoms with E-state index in [2.05, 4.69) is 12.2 Å². The zero-order chi connectivity index (χ0) is 7.45. The highest BCUT2D eigenvalue weighted by Crippen LogP contribution is 2.28. The summed E-state index contributed by atoms with van der Waals surface area (Å²) in [5.74, 6) is 0. The third-order valence-electron chi connectivity index (χ3n) is 2.35. The van der Waals surface area contributed by atoms with Crippen molar-refractivity contribution in [2.24, 2.45) is 0 Å². The molecular weight excluding hydrogens is 129 g/mol. The summed E-state index contributed by atoms with van der Waals surface area (Å²) in [6, 6.07) is 0. The Morgan fingerprint density at radius 3 is 2.50 bits per heavy atom. The third-order valence-corrected chi connectivity index (χ3v) is 2.35. The van der Waals surface area contributed by atoms with Gasteiger partial charge in [-0.15, -0.1) is 0 Å². The molecule has 60 valence electrons. The first-order valence-corrected chi connectivity index (χ1v) is 4.08. The van der Waals surface area contributed by atoms with Crippen molar-refractivity contribution in [2.75, 3.05) is 13.2 Å². The van der Waals surface area contributed by atoms with Crippen LogP contribution in [0.5, 0.6) is 0 Å². The van der Waals surface area contributed by atoms with Crippen molar-refractivity contribution < 1.29 is 4.39 Å². The quantitative estimate of drug-likeness (QED) is 0.639. The van der Waals surface area contributed by atoms with E-state index in [0.29, 0.717) is 6.54 Å². The van der Waals surface area contributed by atoms with Gasteiger partial charge in [-0.3, -0.25) is 0 Å². The molecule has 2 heteroatoms. The molecule has 0 heterocycles. The number of halogens is 1. The molecule has 1 N–H and O–H groups in total. The highest BCUT2D eigenvalue weighted by atomic mass is 19.1. The van der Waals surface area contributed by atoms with E-state index in [1.807, 2.05) is 0 Å². The van der Waals surface area contributed by atoms with E-state index < -0.39 is 0 Å². The van der Waals surface area contributed by atoms with Crippen LogP contribution < -0.4 is 5.32 Å². The fourth-order valence-corrected chi connectivity index (χ4v) is 1.68. The molecule has 1 nitrogen and oxygen atoms in total. The standard InChI is InChI=1S/C8H16FN/c1-8(10-7-6-9)4-2-3-5-8/h10H,2-7H2,1H3. The summed E-state index contributed by atoms with van der Waals surface area (Å²) in [6.45, 7) is 2.47. The molecule has 1 saturated carbocycles. The van der Waals surface area contributed by atoms with Gasteiger partial charge in [0.05, 0.1) is 0 Å². The highest BCUT2D eigenvalue weighted by molar-refractivity contribution is 4.87. The van der Waals surface area contributed by atoms with Gasteiger partial charge in [-0.05, 0) is 19.8 Å². The summed E-state index contributed by atoms with van der Waals surface area (Å²) in [5, 5.41) is 3.23. The lowest BCUT2D eigenvalue weighted by Gasteiger charge is -2.24. The van der Waals surface area contributed by atoms with Gasteiger partial charge in [-0.1, -0.05) is 12.8 Å². The van der Waals surface area contributed by atoms with E-state index in [4.69, 9.17) is 0 Å². The molecule has 0 aliphatic heterocycles. The maximum absolute atomic E-state index is 11.8. The first kappa shape index (κ1) is 7.99. The minimum atomic E-state index is -0.240. The van der Waals surface area contributed by atoms with Gasteiger partial charge < -0.3 is 5.32 Å². The second-order valence-electron chi connectivity index (χ2n) is 3.38. The van der Waals surface area contributed by atoms with Crippen LogP contribution in [-0.4, -0.2) is 18.8 Å². The Kier molecular flexibility index (Phi) is 2.66. The first-order valence-electron chi connectivity index (χ1n) is 4.08. The van der Waals surface area contributed by atoms with Crippen LogP contribution in [0.2, 0.25) is 0 Å². The number of nitrogens with one attached hydrogen (secondary N) is 1. The average molecular weight is 145 g/mol. The van der Waals surface area contributed by atoms with Crippen LogP contribution in [0, 0.1) is 0 Å². The van der Waals surface area contributed by atoms with E-state index in [0.717, 1.165) is 0 Å². The Bertz CT molecular complexity index is 97.4. The fourth-order valence-electron chi connectivity index (χ4n) is 1.68. The van der Waals surface area contributed by atoms with Gasteiger partial charge in [0.1, 0.15) is 6.67 Å². The van der Waals surface area contributed by atoms with E-state index in [-0.39, 0.29) is 12.2 Å². The molecule has 0 bridgehead atoms. The number of alkyl halides is 1. The van der Waals surface area contributed by atoms with Gasteiger partial charge in [-0.2, -0.15) is 0 Å². The second-order valence-corrected chi connectivity index (χ2v) is 3.38. The Labute approximate surface area is 62.0 Å². The number of hydrogen-bond acceptors (Lipinski definition) is 1. The maximum Gasteiger partial charge on any atom is 0.102 e. The molecule has 0 aromatic heterocycles. The average Bonchev–Trinajstić information content (AvgIpc) is 2.33. The van der Waals surface area contributed by atoms with E-state index in [1.165, 1.54) is 25.7 Å². The lowest BCUT2D eigenvalue weighted by Crippen LogP contribution is -2.40. The summed E-state index contributed by atoms with van der Waals surface area (Å²) in [6.07, 6.45) is 5.03. The monoisotopic (exact) mass is 145 g/mol. The number of hydrogen-bond donors (Lipinski definition) is 1. The normalized spacial score (nSPS) is 23.4. The first-order chi connectivity index (χ1) is 4.77. The molecule has 0 atom stereocenters. The highest BCUT2D eigenvalue weighted by Gasteiger charge is 2.27. The van der Waals surface area contributed by atoms with Gasteiger partial charge >= 0.3 is 0 Å². The van der Waals surface area contributed by atoms with Crippen LogP contribution in [-0.2, 0) is 0 Å². The van der Waals surface area contributed by atoms with Crippen molar-refractivity contribution in [1.82, 2.24) is 5.32 Å². The van der Waals surface area contributed by atoms with E-state index in [9.17, 15) is 4.39 Å². The molecule has 1 aliphatic rings. The molecule has 1 fully saturated rings. The molecule has 0 aromatic rings. The van der Waals surface area contributed by atoms with Crippen molar-refractivity contribution in [2.45, 2.75) is 38.1 Å². The van der Waals surface area contributed by atoms with Crippen molar-refractivity contribution in [3.8, 4) is 0 Å². The minimum Gasteiger partial charge on any atom is -0.309 e. The van der Waals surface area contributed by atoms with Crippen LogP contribution in [0.15, 0.2) is 0 Å². The summed E-state index contributed by atoms with van der Waals surface area (Å²) >= 11 is 0. The predicted molar refractivity (Wildman–Crippen MR) is 40.9 cm³/mol. The Hall–Kier alpha value is -0.110. The molecule has 1 aliphatic carbocycles. The van der Waals surface area contributed by atoms with Gasteiger partial charge in [0.15, 0.2) is 0 Å². The van der Waals surface area contributed by atoms with Crippen molar-refractivity contribution in [3.05, 3.63) is 0 Å². The summed E-state index contributed by atoms with van der Waals surface area (Å²) in [4.78, 5) is 0. The molecule has 1 rings (SSSR count). The van der Waals surface area contributed by atoms with Crippen molar-refractivity contribution >= 4 is 0 Å². The van der Waals surface area contributed by atoms with Crippen LogP contribution in [0.3, 0.4) is 0 Å². The van der Waals surface area contributed by atoms with E-state index >= 15 is 0 Å². The SMILES string of the molecule is CC1(NCCF)CCCC1. The topological polar surface area (TPSA) is 12.0 Å². The molecule has 10 heavy (non-hydrogen) atoms. The van der Waals surface area contributed by atoms with Crippen LogP contribution in [0.4, 0.5) is 4.39 Å². The summed E-state index contributed by atoms with van der Waals surface area (Å²) < 4.78 is 11.8. The zero-order valence-electron chi connectivity index (χ0n) is 6.62. The summed E-state index contributed by atoms with van der Waals surface area (Å²) in [7, 11) is 0. The molecule has 0 aromatic carbocycles. The molecule has 0 saturated heterocycles. The second kappa shape index (κ2) is 3.33. The van der Waals surface area contributed by atoms with Crippen molar-refractivity contribution in [1.29, 1.82) is 0 Å². The smallest absolute Gasteiger partial charge is 0.102 e. The lowest BCUT2D eigenvalue weighted by atomic mass is 10.0. The third kappa shape index (κ3) is 1.94. The Morgan fingerprint density at radius 2 is 2.00 bits per heavy atom. The maximum atomic E-state index is 11.8. The van der Waals surface area contributed by atoms with Crippen LogP contribution in [0.25, 0.3) is 0 Å². The molecule has 0 radical (unpaired) electrons. The predicted octanol–water partition coefficient (Wildman–Crippen LogP) is 1.88. The van der Waals surface area contributed by atoms with Crippen molar-refractivity contribution in [3.63, 3.8) is 0 Å². The molecule has 0 amide bonds. The molecule has 0 unspecified atom stereocenters.